The maximum Gasteiger partial charge on any atom is 0.339 e. The van der Waals surface area contributed by atoms with Crippen LogP contribution in [0.15, 0.2) is 24.3 Å². The van der Waals surface area contributed by atoms with E-state index in [1.54, 1.807) is 19.1 Å². The van der Waals surface area contributed by atoms with Crippen molar-refractivity contribution < 1.29 is 14.3 Å². The molecule has 0 aromatic heterocycles. The number of amides is 1. The van der Waals surface area contributed by atoms with Gasteiger partial charge in [-0.25, -0.2) is 4.79 Å². The van der Waals surface area contributed by atoms with Crippen LogP contribution in [0, 0.1) is 6.92 Å². The molecule has 0 bridgehead atoms. The zero-order chi connectivity index (χ0) is 13.1. The number of aryl methyl sites for hydroxylation is 1. The van der Waals surface area contributed by atoms with Crippen molar-refractivity contribution in [2.45, 2.75) is 38.8 Å². The molecule has 1 N–H and O–H groups in total. The fraction of sp³-hybridized carbons (Fsp3) is 0.429. The van der Waals surface area contributed by atoms with Crippen LogP contribution in [-0.2, 0) is 9.53 Å². The SMILES string of the molecule is Cc1ccccc1C(=O)O[C@H](C)C(=O)NC1CC1. The minimum atomic E-state index is -0.752. The lowest BCUT2D eigenvalue weighted by atomic mass is 10.1. The van der Waals surface area contributed by atoms with E-state index in [4.69, 9.17) is 4.74 Å². The van der Waals surface area contributed by atoms with Crippen LogP contribution in [0.1, 0.15) is 35.7 Å². The van der Waals surface area contributed by atoms with Gasteiger partial charge in [0.1, 0.15) is 0 Å². The molecule has 0 spiro atoms. The van der Waals surface area contributed by atoms with Crippen LogP contribution in [0.2, 0.25) is 0 Å². The Labute approximate surface area is 106 Å². The lowest BCUT2D eigenvalue weighted by Gasteiger charge is -2.13. The summed E-state index contributed by atoms with van der Waals surface area (Å²) in [6.07, 6.45) is 1.28. The van der Waals surface area contributed by atoms with Gasteiger partial charge >= 0.3 is 5.97 Å². The lowest BCUT2D eigenvalue weighted by molar-refractivity contribution is -0.129. The van der Waals surface area contributed by atoms with Crippen molar-refractivity contribution in [2.75, 3.05) is 0 Å². The van der Waals surface area contributed by atoms with Crippen molar-refractivity contribution in [3.05, 3.63) is 35.4 Å². The van der Waals surface area contributed by atoms with Gasteiger partial charge in [-0.05, 0) is 38.3 Å². The summed E-state index contributed by atoms with van der Waals surface area (Å²) >= 11 is 0. The first-order valence-corrected chi connectivity index (χ1v) is 6.15. The van der Waals surface area contributed by atoms with Crippen LogP contribution in [0.3, 0.4) is 0 Å². The fourth-order valence-electron chi connectivity index (χ4n) is 1.63. The number of hydrogen-bond acceptors (Lipinski definition) is 3. The standard InChI is InChI=1S/C14H17NO3/c1-9-5-3-4-6-12(9)14(17)18-10(2)13(16)15-11-7-8-11/h3-6,10-11H,7-8H2,1-2H3,(H,15,16)/t10-/m1/s1. The van der Waals surface area contributed by atoms with Crippen molar-refractivity contribution in [1.82, 2.24) is 5.32 Å². The Bertz CT molecular complexity index is 466. The van der Waals surface area contributed by atoms with Crippen LogP contribution in [0.25, 0.3) is 0 Å². The molecule has 18 heavy (non-hydrogen) atoms. The van der Waals surface area contributed by atoms with E-state index in [0.29, 0.717) is 5.56 Å². The molecule has 1 saturated carbocycles. The molecule has 4 nitrogen and oxygen atoms in total. The van der Waals surface area contributed by atoms with Gasteiger partial charge in [0.2, 0.25) is 0 Å². The second-order valence-electron chi connectivity index (χ2n) is 4.65. The fourth-order valence-corrected chi connectivity index (χ4v) is 1.63. The molecule has 1 aliphatic carbocycles. The highest BCUT2D eigenvalue weighted by Gasteiger charge is 2.27. The topological polar surface area (TPSA) is 55.4 Å². The van der Waals surface area contributed by atoms with Crippen molar-refractivity contribution in [3.63, 3.8) is 0 Å². The molecule has 0 saturated heterocycles. The number of hydrogen-bond donors (Lipinski definition) is 1. The molecule has 0 heterocycles. The number of esters is 1. The molecule has 96 valence electrons. The first kappa shape index (κ1) is 12.6. The van der Waals surface area contributed by atoms with Gasteiger partial charge in [-0.3, -0.25) is 4.79 Å². The van der Waals surface area contributed by atoms with Crippen LogP contribution in [0.5, 0.6) is 0 Å². The largest absolute Gasteiger partial charge is 0.449 e. The zero-order valence-electron chi connectivity index (χ0n) is 10.6. The van der Waals surface area contributed by atoms with Crippen molar-refractivity contribution in [1.29, 1.82) is 0 Å². The van der Waals surface area contributed by atoms with E-state index in [1.807, 2.05) is 19.1 Å². The van der Waals surface area contributed by atoms with E-state index in [2.05, 4.69) is 5.32 Å². The molecule has 1 fully saturated rings. The molecule has 0 aliphatic heterocycles. The summed E-state index contributed by atoms with van der Waals surface area (Å²) in [5.41, 5.74) is 1.35. The van der Waals surface area contributed by atoms with E-state index < -0.39 is 12.1 Å². The van der Waals surface area contributed by atoms with E-state index in [1.165, 1.54) is 0 Å². The van der Waals surface area contributed by atoms with Gasteiger partial charge in [0.05, 0.1) is 5.56 Å². The third-order valence-corrected chi connectivity index (χ3v) is 2.94. The predicted molar refractivity (Wildman–Crippen MR) is 67.2 cm³/mol. The van der Waals surface area contributed by atoms with Crippen LogP contribution in [-0.4, -0.2) is 24.0 Å². The number of nitrogens with one attached hydrogen (secondary N) is 1. The Kier molecular flexibility index (Phi) is 3.65. The second-order valence-corrected chi connectivity index (χ2v) is 4.65. The third-order valence-electron chi connectivity index (χ3n) is 2.94. The highest BCUT2D eigenvalue weighted by Crippen LogP contribution is 2.19. The number of benzene rings is 1. The number of ether oxygens (including phenoxy) is 1. The van der Waals surface area contributed by atoms with Crippen LogP contribution in [0.4, 0.5) is 0 Å². The minimum absolute atomic E-state index is 0.223. The van der Waals surface area contributed by atoms with Crippen LogP contribution >= 0.6 is 0 Å². The van der Waals surface area contributed by atoms with E-state index >= 15 is 0 Å². The predicted octanol–water partition coefficient (Wildman–Crippen LogP) is 1.82. The normalized spacial score (nSPS) is 15.9. The quantitative estimate of drug-likeness (QED) is 0.826. The van der Waals surface area contributed by atoms with Crippen LogP contribution < -0.4 is 5.32 Å². The summed E-state index contributed by atoms with van der Waals surface area (Å²) in [6.45, 7) is 3.43. The Morgan fingerprint density at radius 3 is 2.61 bits per heavy atom. The second kappa shape index (κ2) is 5.21. The zero-order valence-corrected chi connectivity index (χ0v) is 10.6. The van der Waals surface area contributed by atoms with Gasteiger partial charge in [0.25, 0.3) is 5.91 Å². The molecule has 1 aromatic rings. The monoisotopic (exact) mass is 247 g/mol. The lowest BCUT2D eigenvalue weighted by Crippen LogP contribution is -2.37. The summed E-state index contributed by atoms with van der Waals surface area (Å²) in [5.74, 6) is -0.675. The van der Waals surface area contributed by atoms with E-state index in [0.717, 1.165) is 18.4 Å². The Hall–Kier alpha value is -1.84. The van der Waals surface area contributed by atoms with E-state index in [-0.39, 0.29) is 11.9 Å². The van der Waals surface area contributed by atoms with Crippen molar-refractivity contribution in [2.24, 2.45) is 0 Å². The summed E-state index contributed by atoms with van der Waals surface area (Å²) in [4.78, 5) is 23.5. The van der Waals surface area contributed by atoms with Crippen molar-refractivity contribution in [3.8, 4) is 0 Å². The summed E-state index contributed by atoms with van der Waals surface area (Å²) in [7, 11) is 0. The molecule has 1 aromatic carbocycles. The third kappa shape index (κ3) is 3.09. The summed E-state index contributed by atoms with van der Waals surface area (Å²) < 4.78 is 5.16. The molecule has 0 unspecified atom stereocenters. The Morgan fingerprint density at radius 1 is 1.33 bits per heavy atom. The van der Waals surface area contributed by atoms with Gasteiger partial charge in [0.15, 0.2) is 6.10 Å². The molecule has 1 atom stereocenters. The van der Waals surface area contributed by atoms with Gasteiger partial charge in [-0.1, -0.05) is 18.2 Å². The maximum absolute atomic E-state index is 11.9. The van der Waals surface area contributed by atoms with Gasteiger partial charge < -0.3 is 10.1 Å². The number of carbonyl (C=O) groups excluding carboxylic acids is 2. The van der Waals surface area contributed by atoms with E-state index in [9.17, 15) is 9.59 Å². The highest BCUT2D eigenvalue weighted by molar-refractivity contribution is 5.93. The Balaban J connectivity index is 1.94. The molecule has 0 radical (unpaired) electrons. The highest BCUT2D eigenvalue weighted by atomic mass is 16.5. The van der Waals surface area contributed by atoms with Gasteiger partial charge in [0, 0.05) is 6.04 Å². The minimum Gasteiger partial charge on any atom is -0.449 e. The first-order chi connectivity index (χ1) is 8.58. The molecular formula is C14H17NO3. The molecule has 1 amide bonds. The maximum atomic E-state index is 11.9. The smallest absolute Gasteiger partial charge is 0.339 e. The molecule has 2 rings (SSSR count). The molecule has 1 aliphatic rings. The van der Waals surface area contributed by atoms with Crippen molar-refractivity contribution >= 4 is 11.9 Å². The van der Waals surface area contributed by atoms with Gasteiger partial charge in [-0.15, -0.1) is 0 Å². The molecule has 4 heteroatoms. The average Bonchev–Trinajstić information content (AvgIpc) is 3.13. The summed E-state index contributed by atoms with van der Waals surface area (Å²) in [6, 6.07) is 7.44. The Morgan fingerprint density at radius 2 is 2.00 bits per heavy atom. The molecular weight excluding hydrogens is 230 g/mol. The average molecular weight is 247 g/mol. The first-order valence-electron chi connectivity index (χ1n) is 6.15. The van der Waals surface area contributed by atoms with Gasteiger partial charge in [-0.2, -0.15) is 0 Å². The summed E-state index contributed by atoms with van der Waals surface area (Å²) in [5, 5.41) is 2.81. The number of carbonyl (C=O) groups is 2. The number of rotatable bonds is 4.